The number of hydrogen-bond donors (Lipinski definition) is 1. The van der Waals surface area contributed by atoms with Gasteiger partial charge in [0.2, 0.25) is 0 Å². The largest absolute Gasteiger partial charge is 0.416 e. The lowest BCUT2D eigenvalue weighted by atomic mass is 10.1. The van der Waals surface area contributed by atoms with Crippen LogP contribution in [-0.2, 0) is 6.18 Å². The van der Waals surface area contributed by atoms with Gasteiger partial charge in [-0.25, -0.2) is 4.79 Å². The molecule has 0 aliphatic rings. The molecule has 0 amide bonds. The van der Waals surface area contributed by atoms with Crippen LogP contribution in [0.1, 0.15) is 5.56 Å². The van der Waals surface area contributed by atoms with Crippen LogP contribution in [0.5, 0.6) is 0 Å². The van der Waals surface area contributed by atoms with Crippen molar-refractivity contribution < 1.29 is 18.1 Å². The molecule has 1 N–H and O–H groups in total. The van der Waals surface area contributed by atoms with E-state index in [1.165, 1.54) is 12.4 Å². The average Bonchev–Trinajstić information content (AvgIpc) is 2.73. The summed E-state index contributed by atoms with van der Waals surface area (Å²) >= 11 is 0. The second-order valence-electron chi connectivity index (χ2n) is 3.59. The third kappa shape index (κ3) is 2.34. The molecule has 2 rings (SSSR count). The zero-order valence-corrected chi connectivity index (χ0v) is 9.14. The number of imidazole rings is 1. The predicted octanol–water partition coefficient (Wildman–Crippen LogP) is 2.09. The van der Waals surface area contributed by atoms with Crippen molar-refractivity contribution in [3.63, 3.8) is 0 Å². The Bertz CT molecular complexity index is 687. The van der Waals surface area contributed by atoms with Crippen molar-refractivity contribution in [2.24, 2.45) is 0 Å². The maximum Gasteiger partial charge on any atom is 0.416 e. The van der Waals surface area contributed by atoms with Gasteiger partial charge in [0.05, 0.1) is 10.5 Å². The first-order valence-electron chi connectivity index (χ1n) is 4.93. The fourth-order valence-electron chi connectivity index (χ4n) is 1.56. The van der Waals surface area contributed by atoms with E-state index in [-0.39, 0.29) is 5.69 Å². The SMILES string of the molecule is O=c1[nH]ccn1-c1ccc(C(F)(F)F)cc1[N+](=O)[O-]. The Morgan fingerprint density at radius 3 is 2.47 bits per heavy atom. The summed E-state index contributed by atoms with van der Waals surface area (Å²) < 4.78 is 38.3. The number of nitro groups is 1. The van der Waals surface area contributed by atoms with Crippen molar-refractivity contribution in [1.82, 2.24) is 9.55 Å². The first kappa shape index (κ1) is 12.9. The van der Waals surface area contributed by atoms with E-state index in [0.29, 0.717) is 12.1 Å². The van der Waals surface area contributed by atoms with Crippen molar-refractivity contribution in [1.29, 1.82) is 0 Å². The number of hydrogen-bond acceptors (Lipinski definition) is 3. The molecule has 1 aromatic heterocycles. The third-order valence-corrected chi connectivity index (χ3v) is 2.41. The molecule has 0 aliphatic heterocycles. The van der Waals surface area contributed by atoms with E-state index in [4.69, 9.17) is 0 Å². The Morgan fingerprint density at radius 1 is 1.32 bits per heavy atom. The van der Waals surface area contributed by atoms with Gasteiger partial charge in [0.1, 0.15) is 5.69 Å². The van der Waals surface area contributed by atoms with Crippen LogP contribution in [0.3, 0.4) is 0 Å². The maximum absolute atomic E-state index is 12.5. The smallest absolute Gasteiger partial charge is 0.312 e. The zero-order valence-electron chi connectivity index (χ0n) is 9.14. The van der Waals surface area contributed by atoms with E-state index in [0.717, 1.165) is 10.6 Å². The standard InChI is InChI=1S/C10H6F3N3O3/c11-10(12,13)6-1-2-7(8(5-6)16(18)19)15-4-3-14-9(15)17/h1-5H,(H,14,17). The molecule has 0 fully saturated rings. The van der Waals surface area contributed by atoms with Gasteiger partial charge in [-0.05, 0) is 12.1 Å². The second kappa shape index (κ2) is 4.26. The van der Waals surface area contributed by atoms with E-state index in [2.05, 4.69) is 4.98 Å². The van der Waals surface area contributed by atoms with E-state index in [9.17, 15) is 28.1 Å². The van der Waals surface area contributed by atoms with Gasteiger partial charge in [-0.15, -0.1) is 0 Å². The summed E-state index contributed by atoms with van der Waals surface area (Å²) in [6.45, 7) is 0. The first-order valence-corrected chi connectivity index (χ1v) is 4.93. The summed E-state index contributed by atoms with van der Waals surface area (Å²) in [4.78, 5) is 23.4. The van der Waals surface area contributed by atoms with E-state index < -0.39 is 28.0 Å². The van der Waals surface area contributed by atoms with E-state index in [1.54, 1.807) is 0 Å². The van der Waals surface area contributed by atoms with Gasteiger partial charge in [-0.1, -0.05) is 0 Å². The molecule has 0 atom stereocenters. The van der Waals surface area contributed by atoms with Gasteiger partial charge in [-0.2, -0.15) is 13.2 Å². The summed E-state index contributed by atoms with van der Waals surface area (Å²) in [5, 5.41) is 10.8. The molecule has 0 bridgehead atoms. The third-order valence-electron chi connectivity index (χ3n) is 2.41. The Morgan fingerprint density at radius 2 is 2.00 bits per heavy atom. The zero-order chi connectivity index (χ0) is 14.2. The van der Waals surface area contributed by atoms with Gasteiger partial charge >= 0.3 is 11.9 Å². The Kier molecular flexibility index (Phi) is 2.89. The molecular formula is C10H6F3N3O3. The van der Waals surface area contributed by atoms with Crippen molar-refractivity contribution in [3.8, 4) is 5.69 Å². The fraction of sp³-hybridized carbons (Fsp3) is 0.100. The minimum Gasteiger partial charge on any atom is -0.312 e. The topological polar surface area (TPSA) is 80.9 Å². The lowest BCUT2D eigenvalue weighted by Crippen LogP contribution is -2.16. The van der Waals surface area contributed by atoms with Crippen LogP contribution < -0.4 is 5.69 Å². The van der Waals surface area contributed by atoms with Crippen LogP contribution in [0.15, 0.2) is 35.4 Å². The van der Waals surface area contributed by atoms with Crippen molar-refractivity contribution in [2.45, 2.75) is 6.18 Å². The monoisotopic (exact) mass is 273 g/mol. The predicted molar refractivity (Wildman–Crippen MR) is 58.0 cm³/mol. The molecule has 0 spiro atoms. The first-order chi connectivity index (χ1) is 8.80. The van der Waals surface area contributed by atoms with Crippen LogP contribution in [0.25, 0.3) is 5.69 Å². The van der Waals surface area contributed by atoms with Crippen LogP contribution in [0.2, 0.25) is 0 Å². The highest BCUT2D eigenvalue weighted by Crippen LogP contribution is 2.33. The van der Waals surface area contributed by atoms with Crippen molar-refractivity contribution >= 4 is 5.69 Å². The van der Waals surface area contributed by atoms with Crippen molar-refractivity contribution in [2.75, 3.05) is 0 Å². The van der Waals surface area contributed by atoms with Gasteiger partial charge in [-0.3, -0.25) is 14.7 Å². The maximum atomic E-state index is 12.5. The van der Waals surface area contributed by atoms with Crippen LogP contribution >= 0.6 is 0 Å². The highest BCUT2D eigenvalue weighted by atomic mass is 19.4. The number of nitrogens with zero attached hydrogens (tertiary/aromatic N) is 2. The number of aromatic amines is 1. The Hall–Kier alpha value is -2.58. The van der Waals surface area contributed by atoms with Gasteiger partial charge in [0.25, 0.3) is 5.69 Å². The van der Waals surface area contributed by atoms with E-state index in [1.807, 2.05) is 0 Å². The number of rotatable bonds is 2. The molecule has 19 heavy (non-hydrogen) atoms. The van der Waals surface area contributed by atoms with Crippen LogP contribution in [0.4, 0.5) is 18.9 Å². The second-order valence-corrected chi connectivity index (χ2v) is 3.59. The van der Waals surface area contributed by atoms with Crippen LogP contribution in [0, 0.1) is 10.1 Å². The van der Waals surface area contributed by atoms with Crippen LogP contribution in [-0.4, -0.2) is 14.5 Å². The Labute approximate surface area is 103 Å². The summed E-state index contributed by atoms with van der Waals surface area (Å²) in [7, 11) is 0. The number of aromatic nitrogens is 2. The average molecular weight is 273 g/mol. The molecule has 1 heterocycles. The molecule has 2 aromatic rings. The van der Waals surface area contributed by atoms with Gasteiger partial charge < -0.3 is 4.98 Å². The minimum atomic E-state index is -4.69. The highest BCUT2D eigenvalue weighted by molar-refractivity contribution is 5.54. The number of benzene rings is 1. The quantitative estimate of drug-likeness (QED) is 0.672. The fourth-order valence-corrected chi connectivity index (χ4v) is 1.56. The number of H-pyrrole nitrogens is 1. The molecule has 1 aromatic carbocycles. The highest BCUT2D eigenvalue weighted by Gasteiger charge is 2.33. The number of alkyl halides is 3. The normalized spacial score (nSPS) is 11.5. The lowest BCUT2D eigenvalue weighted by Gasteiger charge is -2.08. The minimum absolute atomic E-state index is 0.232. The molecule has 0 saturated carbocycles. The number of halogens is 3. The molecule has 0 radical (unpaired) electrons. The molecular weight excluding hydrogens is 267 g/mol. The van der Waals surface area contributed by atoms with Gasteiger partial charge in [0, 0.05) is 18.5 Å². The molecule has 100 valence electrons. The summed E-state index contributed by atoms with van der Waals surface area (Å²) in [5.41, 5.74) is -2.85. The molecule has 6 nitrogen and oxygen atoms in total. The van der Waals surface area contributed by atoms with E-state index >= 15 is 0 Å². The summed E-state index contributed by atoms with van der Waals surface area (Å²) in [6, 6.07) is 1.97. The lowest BCUT2D eigenvalue weighted by molar-refractivity contribution is -0.384. The molecule has 0 aliphatic carbocycles. The number of nitrogens with one attached hydrogen (secondary N) is 1. The summed E-state index contributed by atoms with van der Waals surface area (Å²) in [6.07, 6.45) is -2.27. The number of nitro benzene ring substituents is 1. The molecule has 0 saturated heterocycles. The van der Waals surface area contributed by atoms with Crippen molar-refractivity contribution in [3.05, 3.63) is 56.8 Å². The molecule has 0 unspecified atom stereocenters. The summed E-state index contributed by atoms with van der Waals surface area (Å²) in [5.74, 6) is 0. The van der Waals surface area contributed by atoms with Gasteiger partial charge in [0.15, 0.2) is 0 Å². The molecule has 9 heteroatoms. The Balaban J connectivity index is 2.67.